The number of sulfonamides is 1. The van der Waals surface area contributed by atoms with Gasteiger partial charge >= 0.3 is 0 Å². The van der Waals surface area contributed by atoms with E-state index >= 15 is 0 Å². The molecule has 3 aromatic rings. The molecule has 9 heteroatoms. The predicted octanol–water partition coefficient (Wildman–Crippen LogP) is 3.77. The summed E-state index contributed by atoms with van der Waals surface area (Å²) < 4.78 is 28.0. The van der Waals surface area contributed by atoms with Crippen LogP contribution in [0.1, 0.15) is 37.7 Å². The van der Waals surface area contributed by atoms with Crippen LogP contribution in [0.15, 0.2) is 47.4 Å². The van der Waals surface area contributed by atoms with Crippen molar-refractivity contribution in [3.05, 3.63) is 58.9 Å². The number of hydrogen-bond donors (Lipinski definition) is 1. The van der Waals surface area contributed by atoms with Gasteiger partial charge in [0.2, 0.25) is 15.9 Å². The topological polar surface area (TPSA) is 84.3 Å². The number of carbonyl (C=O) groups excluding carboxylic acids is 1. The van der Waals surface area contributed by atoms with E-state index in [-0.39, 0.29) is 23.3 Å². The van der Waals surface area contributed by atoms with E-state index in [2.05, 4.69) is 10.3 Å². The Morgan fingerprint density at radius 1 is 1.19 bits per heavy atom. The summed E-state index contributed by atoms with van der Waals surface area (Å²) in [6.45, 7) is 4.60. The molecule has 1 heterocycles. The molecule has 3 rings (SSSR count). The second-order valence-electron chi connectivity index (χ2n) is 7.55. The van der Waals surface area contributed by atoms with Crippen LogP contribution in [-0.4, -0.2) is 42.3 Å². The Morgan fingerprint density at radius 3 is 2.48 bits per heavy atom. The lowest BCUT2D eigenvalue weighted by Gasteiger charge is -2.14. The zero-order valence-corrected chi connectivity index (χ0v) is 19.7. The number of aromatic nitrogens is 2. The SMILES string of the molecule is CCn1c(CCC(=O)N[C@H](C)c2ccc(Cl)cc2)nc2cc(S(=O)(=O)N(C)C)ccc21. The third-order valence-electron chi connectivity index (χ3n) is 5.22. The number of fused-ring (bicyclic) bond motifs is 1. The molecule has 1 atom stereocenters. The Hall–Kier alpha value is -2.42. The van der Waals surface area contributed by atoms with Gasteiger partial charge < -0.3 is 9.88 Å². The van der Waals surface area contributed by atoms with Crippen molar-refractivity contribution in [2.45, 2.75) is 44.2 Å². The molecule has 1 amide bonds. The van der Waals surface area contributed by atoms with Crippen molar-refractivity contribution >= 4 is 38.6 Å². The first-order valence-corrected chi connectivity index (χ1v) is 11.9. The van der Waals surface area contributed by atoms with E-state index in [9.17, 15) is 13.2 Å². The van der Waals surface area contributed by atoms with Crippen LogP contribution in [0.4, 0.5) is 0 Å². The molecule has 31 heavy (non-hydrogen) atoms. The Balaban J connectivity index is 1.74. The summed E-state index contributed by atoms with van der Waals surface area (Å²) in [5, 5.41) is 3.65. The minimum atomic E-state index is -3.54. The van der Waals surface area contributed by atoms with E-state index in [1.807, 2.05) is 30.5 Å². The lowest BCUT2D eigenvalue weighted by Crippen LogP contribution is -2.27. The fourth-order valence-corrected chi connectivity index (χ4v) is 4.50. The average Bonchev–Trinajstić information content (AvgIpc) is 3.09. The highest BCUT2D eigenvalue weighted by molar-refractivity contribution is 7.89. The number of amides is 1. The molecule has 0 saturated heterocycles. The summed E-state index contributed by atoms with van der Waals surface area (Å²) >= 11 is 5.92. The summed E-state index contributed by atoms with van der Waals surface area (Å²) in [5.41, 5.74) is 2.44. The molecule has 0 fully saturated rings. The van der Waals surface area contributed by atoms with Crippen molar-refractivity contribution < 1.29 is 13.2 Å². The van der Waals surface area contributed by atoms with Gasteiger partial charge in [0.25, 0.3) is 0 Å². The van der Waals surface area contributed by atoms with Gasteiger partial charge in [-0.15, -0.1) is 0 Å². The van der Waals surface area contributed by atoms with Gasteiger partial charge in [0.15, 0.2) is 0 Å². The first-order chi connectivity index (χ1) is 14.6. The van der Waals surface area contributed by atoms with Gasteiger partial charge in [-0.3, -0.25) is 4.79 Å². The summed E-state index contributed by atoms with van der Waals surface area (Å²) in [5.74, 6) is 0.680. The third kappa shape index (κ3) is 5.08. The molecular formula is C22H27ClN4O3S. The first-order valence-electron chi connectivity index (χ1n) is 10.1. The van der Waals surface area contributed by atoms with Gasteiger partial charge in [-0.1, -0.05) is 23.7 Å². The smallest absolute Gasteiger partial charge is 0.242 e. The van der Waals surface area contributed by atoms with Crippen LogP contribution in [-0.2, 0) is 27.8 Å². The second-order valence-corrected chi connectivity index (χ2v) is 10.1. The lowest BCUT2D eigenvalue weighted by molar-refractivity contribution is -0.121. The number of benzene rings is 2. The molecule has 0 saturated carbocycles. The number of nitrogens with one attached hydrogen (secondary N) is 1. The number of nitrogens with zero attached hydrogens (tertiary/aromatic N) is 3. The van der Waals surface area contributed by atoms with Crippen molar-refractivity contribution in [1.29, 1.82) is 0 Å². The minimum Gasteiger partial charge on any atom is -0.350 e. The van der Waals surface area contributed by atoms with E-state index < -0.39 is 10.0 Å². The third-order valence-corrected chi connectivity index (χ3v) is 7.28. The second kappa shape index (κ2) is 9.38. The van der Waals surface area contributed by atoms with E-state index in [1.54, 1.807) is 30.3 Å². The lowest BCUT2D eigenvalue weighted by atomic mass is 10.1. The summed E-state index contributed by atoms with van der Waals surface area (Å²) in [4.78, 5) is 17.3. The Labute approximate surface area is 188 Å². The monoisotopic (exact) mass is 462 g/mol. The van der Waals surface area contributed by atoms with Crippen molar-refractivity contribution in [3.8, 4) is 0 Å². The predicted molar refractivity (Wildman–Crippen MR) is 123 cm³/mol. The summed E-state index contributed by atoms with van der Waals surface area (Å²) in [6.07, 6.45) is 0.738. The first kappa shape index (κ1) is 23.2. The standard InChI is InChI=1S/C22H27ClN4O3S/c1-5-27-20-11-10-18(31(29,30)26(3)4)14-19(20)25-21(27)12-13-22(28)24-15(2)16-6-8-17(23)9-7-16/h6-11,14-15H,5,12-13H2,1-4H3,(H,24,28)/t15-/m1/s1. The van der Waals surface area contributed by atoms with Crippen LogP contribution in [0, 0.1) is 0 Å². The zero-order chi connectivity index (χ0) is 22.8. The number of imidazole rings is 1. The van der Waals surface area contributed by atoms with Gasteiger partial charge in [-0.05, 0) is 49.7 Å². The van der Waals surface area contributed by atoms with Crippen LogP contribution in [0.2, 0.25) is 5.02 Å². The maximum Gasteiger partial charge on any atom is 0.242 e. The van der Waals surface area contributed by atoms with Crippen molar-refractivity contribution in [2.24, 2.45) is 0 Å². The number of halogens is 1. The molecule has 0 unspecified atom stereocenters. The minimum absolute atomic E-state index is 0.0759. The molecule has 0 bridgehead atoms. The molecule has 1 aromatic heterocycles. The van der Waals surface area contributed by atoms with Crippen molar-refractivity contribution in [3.63, 3.8) is 0 Å². The molecule has 166 valence electrons. The highest BCUT2D eigenvalue weighted by Gasteiger charge is 2.20. The largest absolute Gasteiger partial charge is 0.350 e. The van der Waals surface area contributed by atoms with E-state index in [4.69, 9.17) is 11.6 Å². The maximum absolute atomic E-state index is 12.5. The highest BCUT2D eigenvalue weighted by Crippen LogP contribution is 2.23. The van der Waals surface area contributed by atoms with Gasteiger partial charge in [0.05, 0.1) is 22.0 Å². The number of carbonyl (C=O) groups is 1. The Bertz CT molecular complexity index is 1190. The van der Waals surface area contributed by atoms with Crippen molar-refractivity contribution in [1.82, 2.24) is 19.2 Å². The Morgan fingerprint density at radius 2 is 1.87 bits per heavy atom. The van der Waals surface area contributed by atoms with Crippen LogP contribution < -0.4 is 5.32 Å². The van der Waals surface area contributed by atoms with E-state index in [1.165, 1.54) is 18.4 Å². The maximum atomic E-state index is 12.5. The zero-order valence-electron chi connectivity index (χ0n) is 18.1. The van der Waals surface area contributed by atoms with Crippen LogP contribution in [0.25, 0.3) is 11.0 Å². The Kier molecular flexibility index (Phi) is 7.03. The molecule has 2 aromatic carbocycles. The summed E-state index contributed by atoms with van der Waals surface area (Å²) in [7, 11) is -0.537. The number of rotatable bonds is 8. The van der Waals surface area contributed by atoms with Crippen molar-refractivity contribution in [2.75, 3.05) is 14.1 Å². The number of aryl methyl sites for hydroxylation is 2. The normalized spacial score (nSPS) is 13.0. The molecule has 7 nitrogen and oxygen atoms in total. The highest BCUT2D eigenvalue weighted by atomic mass is 35.5. The van der Waals surface area contributed by atoms with Gasteiger partial charge in [-0.25, -0.2) is 17.7 Å². The fourth-order valence-electron chi connectivity index (χ4n) is 3.45. The fraction of sp³-hybridized carbons (Fsp3) is 0.364. The van der Waals surface area contributed by atoms with Crippen LogP contribution >= 0.6 is 11.6 Å². The molecule has 0 radical (unpaired) electrons. The van der Waals surface area contributed by atoms with Gasteiger partial charge in [-0.2, -0.15) is 0 Å². The summed E-state index contributed by atoms with van der Waals surface area (Å²) in [6, 6.07) is 12.2. The average molecular weight is 463 g/mol. The quantitative estimate of drug-likeness (QED) is 0.552. The van der Waals surface area contributed by atoms with Gasteiger partial charge in [0.1, 0.15) is 5.82 Å². The molecule has 0 aliphatic heterocycles. The molecule has 0 aliphatic carbocycles. The number of hydrogen-bond acceptors (Lipinski definition) is 4. The van der Waals surface area contributed by atoms with Crippen LogP contribution in [0.5, 0.6) is 0 Å². The molecule has 0 spiro atoms. The molecule has 1 N–H and O–H groups in total. The van der Waals surface area contributed by atoms with E-state index in [0.717, 1.165) is 16.9 Å². The van der Waals surface area contributed by atoms with E-state index in [0.29, 0.717) is 23.5 Å². The molecular weight excluding hydrogens is 436 g/mol. The van der Waals surface area contributed by atoms with Crippen LogP contribution in [0.3, 0.4) is 0 Å². The molecule has 0 aliphatic rings. The van der Waals surface area contributed by atoms with Gasteiger partial charge in [0, 0.05) is 38.5 Å².